The fourth-order valence-electron chi connectivity index (χ4n) is 4.19. The van der Waals surface area contributed by atoms with E-state index >= 15 is 0 Å². The maximum Gasteiger partial charge on any atom is 0.319 e. The molecule has 0 aliphatic carbocycles. The summed E-state index contributed by atoms with van der Waals surface area (Å²) in [5, 5.41) is 6.08. The number of morpholine rings is 1. The van der Waals surface area contributed by atoms with Gasteiger partial charge in [0.05, 0.1) is 25.1 Å². The molecule has 1 aromatic rings. The fraction of sp³-hybridized carbons (Fsp3) is 0.667. The number of amides is 2. The molecule has 4 heterocycles. The number of ether oxygens (including phenoxy) is 1. The van der Waals surface area contributed by atoms with E-state index in [1.807, 2.05) is 12.1 Å². The zero-order valence-corrected chi connectivity index (χ0v) is 14.6. The van der Waals surface area contributed by atoms with Gasteiger partial charge < -0.3 is 20.3 Å². The summed E-state index contributed by atoms with van der Waals surface area (Å²) in [6.07, 6.45) is 6.53. The number of fused-ring (bicyclic) bond motifs is 1. The van der Waals surface area contributed by atoms with Gasteiger partial charge >= 0.3 is 6.03 Å². The quantitative estimate of drug-likeness (QED) is 0.872. The van der Waals surface area contributed by atoms with Gasteiger partial charge in [0.15, 0.2) is 0 Å². The van der Waals surface area contributed by atoms with Gasteiger partial charge in [0.2, 0.25) is 0 Å². The molecule has 0 radical (unpaired) electrons. The van der Waals surface area contributed by atoms with Gasteiger partial charge in [0.25, 0.3) is 0 Å². The smallest absolute Gasteiger partial charge is 0.319 e. The van der Waals surface area contributed by atoms with E-state index in [1.54, 1.807) is 6.20 Å². The molecular formula is C18H27N5O2. The molecule has 3 saturated heterocycles. The van der Waals surface area contributed by atoms with E-state index in [0.29, 0.717) is 6.04 Å². The minimum absolute atomic E-state index is 0.127. The van der Waals surface area contributed by atoms with E-state index in [9.17, 15) is 4.79 Å². The highest BCUT2D eigenvalue weighted by molar-refractivity contribution is 5.89. The number of hydrogen-bond acceptors (Lipinski definition) is 5. The van der Waals surface area contributed by atoms with Crippen LogP contribution in [0.1, 0.15) is 25.7 Å². The predicted molar refractivity (Wildman–Crippen MR) is 97.0 cm³/mol. The van der Waals surface area contributed by atoms with E-state index < -0.39 is 0 Å². The van der Waals surface area contributed by atoms with E-state index in [1.165, 1.54) is 25.8 Å². The molecule has 2 unspecified atom stereocenters. The van der Waals surface area contributed by atoms with Crippen LogP contribution >= 0.6 is 0 Å². The topological polar surface area (TPSA) is 69.7 Å². The highest BCUT2D eigenvalue weighted by Gasteiger charge is 2.36. The highest BCUT2D eigenvalue weighted by Crippen LogP contribution is 2.27. The van der Waals surface area contributed by atoms with Crippen LogP contribution < -0.4 is 15.5 Å². The first-order valence-electron chi connectivity index (χ1n) is 9.40. The first kappa shape index (κ1) is 16.6. The lowest BCUT2D eigenvalue weighted by Crippen LogP contribution is -2.47. The lowest BCUT2D eigenvalue weighted by atomic mass is 9.99. The van der Waals surface area contributed by atoms with Gasteiger partial charge in [-0.15, -0.1) is 0 Å². The Balaban J connectivity index is 1.30. The van der Waals surface area contributed by atoms with Gasteiger partial charge in [-0.2, -0.15) is 0 Å². The monoisotopic (exact) mass is 345 g/mol. The predicted octanol–water partition coefficient (Wildman–Crippen LogP) is 1.67. The number of urea groups is 1. The summed E-state index contributed by atoms with van der Waals surface area (Å²) < 4.78 is 5.36. The number of hydrogen-bond donors (Lipinski definition) is 2. The van der Waals surface area contributed by atoms with E-state index in [0.717, 1.165) is 50.8 Å². The number of pyridine rings is 1. The van der Waals surface area contributed by atoms with Crippen molar-refractivity contribution < 1.29 is 9.53 Å². The van der Waals surface area contributed by atoms with E-state index in [2.05, 4.69) is 25.4 Å². The fourth-order valence-corrected chi connectivity index (χ4v) is 4.19. The van der Waals surface area contributed by atoms with Gasteiger partial charge in [-0.25, -0.2) is 9.78 Å². The van der Waals surface area contributed by atoms with Crippen LogP contribution in [0.4, 0.5) is 16.3 Å². The second-order valence-electron chi connectivity index (χ2n) is 7.10. The Morgan fingerprint density at radius 3 is 2.80 bits per heavy atom. The number of nitrogens with zero attached hydrogens (tertiary/aromatic N) is 3. The van der Waals surface area contributed by atoms with Crippen molar-refractivity contribution in [3.8, 4) is 0 Å². The summed E-state index contributed by atoms with van der Waals surface area (Å²) in [7, 11) is 0. The van der Waals surface area contributed by atoms with Gasteiger partial charge in [-0.05, 0) is 37.9 Å². The summed E-state index contributed by atoms with van der Waals surface area (Å²) in [5.41, 5.74) is 0.730. The average molecular weight is 345 g/mol. The van der Waals surface area contributed by atoms with Crippen LogP contribution in [0.3, 0.4) is 0 Å². The number of carbonyl (C=O) groups excluding carboxylic acids is 1. The molecule has 25 heavy (non-hydrogen) atoms. The third-order valence-electron chi connectivity index (χ3n) is 5.51. The van der Waals surface area contributed by atoms with Crippen LogP contribution in [0.2, 0.25) is 0 Å². The minimum atomic E-state index is -0.127. The molecule has 3 fully saturated rings. The Bertz CT molecular complexity index is 588. The van der Waals surface area contributed by atoms with Gasteiger partial charge in [-0.3, -0.25) is 4.90 Å². The second kappa shape index (κ2) is 7.58. The molecule has 0 spiro atoms. The summed E-state index contributed by atoms with van der Waals surface area (Å²) in [4.78, 5) is 21.5. The lowest BCUT2D eigenvalue weighted by molar-refractivity contribution is 0.122. The number of piperidine rings is 1. The van der Waals surface area contributed by atoms with Crippen LogP contribution in [-0.2, 0) is 4.74 Å². The molecule has 3 aliphatic heterocycles. The van der Waals surface area contributed by atoms with Crippen molar-refractivity contribution in [1.29, 1.82) is 0 Å². The molecule has 2 N–H and O–H groups in total. The minimum Gasteiger partial charge on any atom is -0.378 e. The molecule has 0 saturated carbocycles. The van der Waals surface area contributed by atoms with Crippen molar-refractivity contribution in [2.45, 2.75) is 37.8 Å². The molecule has 1 aromatic heterocycles. The SMILES string of the molecule is O=C(Nc1ccc(N2CCOCC2)nc1)NC1CCN2CCCCC12. The normalized spacial score (nSPS) is 27.0. The van der Waals surface area contributed by atoms with Crippen molar-refractivity contribution in [2.24, 2.45) is 0 Å². The third kappa shape index (κ3) is 3.88. The molecule has 136 valence electrons. The zero-order chi connectivity index (χ0) is 17.1. The third-order valence-corrected chi connectivity index (χ3v) is 5.51. The Morgan fingerprint density at radius 2 is 2.00 bits per heavy atom. The highest BCUT2D eigenvalue weighted by atomic mass is 16.5. The number of nitrogens with one attached hydrogen (secondary N) is 2. The van der Waals surface area contributed by atoms with E-state index in [-0.39, 0.29) is 12.1 Å². The summed E-state index contributed by atoms with van der Waals surface area (Å²) >= 11 is 0. The number of carbonyl (C=O) groups is 1. The van der Waals surface area contributed by atoms with E-state index in [4.69, 9.17) is 4.74 Å². The number of aromatic nitrogens is 1. The first-order valence-corrected chi connectivity index (χ1v) is 9.40. The number of anilines is 2. The molecule has 7 nitrogen and oxygen atoms in total. The molecule has 2 atom stereocenters. The van der Waals surface area contributed by atoms with Gasteiger partial charge in [-0.1, -0.05) is 6.42 Å². The number of rotatable bonds is 3. The molecule has 7 heteroatoms. The molecule has 4 rings (SSSR count). The molecule has 3 aliphatic rings. The van der Waals surface area contributed by atoms with Crippen LogP contribution in [0, 0.1) is 0 Å². The Hall–Kier alpha value is -1.86. The van der Waals surface area contributed by atoms with Crippen molar-refractivity contribution in [2.75, 3.05) is 49.6 Å². The van der Waals surface area contributed by atoms with Crippen molar-refractivity contribution >= 4 is 17.5 Å². The van der Waals surface area contributed by atoms with Crippen LogP contribution in [0.15, 0.2) is 18.3 Å². The van der Waals surface area contributed by atoms with Crippen molar-refractivity contribution in [3.63, 3.8) is 0 Å². The van der Waals surface area contributed by atoms with Crippen LogP contribution in [-0.4, -0.2) is 67.4 Å². The summed E-state index contributed by atoms with van der Waals surface area (Å²) in [5.74, 6) is 0.933. The lowest BCUT2D eigenvalue weighted by Gasteiger charge is -2.32. The second-order valence-corrected chi connectivity index (χ2v) is 7.10. The first-order chi connectivity index (χ1) is 12.3. The standard InChI is InChI=1S/C18H27N5O2/c24-18(21-15-6-8-22-7-2-1-3-16(15)22)20-14-4-5-17(19-13-14)23-9-11-25-12-10-23/h4-5,13,15-16H,1-3,6-12H2,(H2,20,21,24). The Kier molecular flexibility index (Phi) is 5.03. The largest absolute Gasteiger partial charge is 0.378 e. The Morgan fingerprint density at radius 1 is 1.12 bits per heavy atom. The summed E-state index contributed by atoms with van der Waals surface area (Å²) in [6.45, 7) is 5.48. The summed E-state index contributed by atoms with van der Waals surface area (Å²) in [6, 6.07) is 4.53. The zero-order valence-electron chi connectivity index (χ0n) is 14.6. The Labute approximate surface area is 148 Å². The average Bonchev–Trinajstić information content (AvgIpc) is 3.06. The van der Waals surface area contributed by atoms with Gasteiger partial charge in [0, 0.05) is 31.7 Å². The molecular weight excluding hydrogens is 318 g/mol. The molecule has 0 bridgehead atoms. The van der Waals surface area contributed by atoms with Crippen LogP contribution in [0.25, 0.3) is 0 Å². The van der Waals surface area contributed by atoms with Crippen LogP contribution in [0.5, 0.6) is 0 Å². The van der Waals surface area contributed by atoms with Gasteiger partial charge in [0.1, 0.15) is 5.82 Å². The molecule has 0 aromatic carbocycles. The maximum absolute atomic E-state index is 12.3. The maximum atomic E-state index is 12.3. The van der Waals surface area contributed by atoms with Crippen molar-refractivity contribution in [1.82, 2.24) is 15.2 Å². The molecule has 2 amide bonds. The van der Waals surface area contributed by atoms with Crippen molar-refractivity contribution in [3.05, 3.63) is 18.3 Å².